The molecule has 2 N–H and O–H groups in total. The molecule has 0 amide bonds. The summed E-state index contributed by atoms with van der Waals surface area (Å²) in [5, 5.41) is 9.16. The molecule has 110 valence electrons. The second-order valence-corrected chi connectivity index (χ2v) is 5.17. The first kappa shape index (κ1) is 13.9. The summed E-state index contributed by atoms with van der Waals surface area (Å²) in [5.41, 5.74) is 0.664. The number of H-pyrrole nitrogens is 1. The molecule has 0 aliphatic carbocycles. The Morgan fingerprint density at radius 2 is 2.33 bits per heavy atom. The molecule has 2 heterocycles. The van der Waals surface area contributed by atoms with E-state index in [4.69, 9.17) is 16.3 Å². The largest absolute Gasteiger partial charge is 0.493 e. The fourth-order valence-electron chi connectivity index (χ4n) is 2.37. The maximum absolute atomic E-state index is 13.5. The van der Waals surface area contributed by atoms with Gasteiger partial charge in [-0.05, 0) is 31.0 Å². The third-order valence-corrected chi connectivity index (χ3v) is 3.74. The van der Waals surface area contributed by atoms with Crippen LogP contribution < -0.4 is 15.6 Å². The molecule has 1 aromatic heterocycles. The second-order valence-electron chi connectivity index (χ2n) is 4.80. The van der Waals surface area contributed by atoms with Gasteiger partial charge < -0.3 is 10.1 Å². The zero-order valence-electron chi connectivity index (χ0n) is 11.0. The van der Waals surface area contributed by atoms with E-state index < -0.39 is 5.56 Å². The summed E-state index contributed by atoms with van der Waals surface area (Å²) in [7, 11) is 0. The molecule has 1 aromatic carbocycles. The molecule has 1 aliphatic rings. The van der Waals surface area contributed by atoms with E-state index in [9.17, 15) is 9.18 Å². The Labute approximate surface area is 125 Å². The topological polar surface area (TPSA) is 67.0 Å². The van der Waals surface area contributed by atoms with E-state index in [0.717, 1.165) is 12.8 Å². The summed E-state index contributed by atoms with van der Waals surface area (Å²) in [4.78, 5) is 11.5. The van der Waals surface area contributed by atoms with Gasteiger partial charge in [-0.2, -0.15) is 5.10 Å². The van der Waals surface area contributed by atoms with Gasteiger partial charge in [0, 0.05) is 5.56 Å². The Bertz CT molecular complexity index is 720. The third kappa shape index (κ3) is 2.85. The lowest BCUT2D eigenvalue weighted by molar-refractivity contribution is 0.316. The fraction of sp³-hybridized carbons (Fsp3) is 0.286. The van der Waals surface area contributed by atoms with Crippen LogP contribution in [0.5, 0.6) is 5.75 Å². The van der Waals surface area contributed by atoms with Crippen LogP contribution >= 0.6 is 11.6 Å². The van der Waals surface area contributed by atoms with Gasteiger partial charge in [0.1, 0.15) is 16.6 Å². The Balaban J connectivity index is 1.97. The van der Waals surface area contributed by atoms with E-state index in [1.807, 2.05) is 0 Å². The number of nitrogens with zero attached hydrogens (tertiary/aromatic N) is 1. The highest BCUT2D eigenvalue weighted by Gasteiger charge is 2.21. The molecule has 1 atom stereocenters. The monoisotopic (exact) mass is 309 g/mol. The highest BCUT2D eigenvalue weighted by molar-refractivity contribution is 6.32. The first-order chi connectivity index (χ1) is 10.1. The normalized spacial score (nSPS) is 17.5. The molecule has 7 heteroatoms. The highest BCUT2D eigenvalue weighted by atomic mass is 35.5. The quantitative estimate of drug-likeness (QED) is 0.895. The van der Waals surface area contributed by atoms with Crippen LogP contribution in [0.1, 0.15) is 24.4 Å². The van der Waals surface area contributed by atoms with Crippen LogP contribution in [0.2, 0.25) is 5.02 Å². The number of hydrogen-bond acceptors (Lipinski definition) is 4. The molecule has 3 rings (SSSR count). The van der Waals surface area contributed by atoms with Crippen molar-refractivity contribution in [2.75, 3.05) is 11.9 Å². The predicted octanol–water partition coefficient (Wildman–Crippen LogP) is 2.89. The van der Waals surface area contributed by atoms with Crippen molar-refractivity contribution in [3.05, 3.63) is 51.2 Å². The number of anilines is 1. The first-order valence-electron chi connectivity index (χ1n) is 6.57. The van der Waals surface area contributed by atoms with Crippen LogP contribution in [-0.2, 0) is 0 Å². The number of ether oxygens (including phenoxy) is 1. The Kier molecular flexibility index (Phi) is 3.79. The van der Waals surface area contributed by atoms with E-state index in [1.54, 1.807) is 6.07 Å². The first-order valence-corrected chi connectivity index (χ1v) is 6.95. The number of aromatic amines is 1. The van der Waals surface area contributed by atoms with Crippen molar-refractivity contribution in [3.63, 3.8) is 0 Å². The number of fused-ring (bicyclic) bond motifs is 1. The zero-order chi connectivity index (χ0) is 14.8. The van der Waals surface area contributed by atoms with Crippen molar-refractivity contribution in [2.45, 2.75) is 18.9 Å². The average Bonchev–Trinajstić information content (AvgIpc) is 2.66. The lowest BCUT2D eigenvalue weighted by Crippen LogP contribution is -2.15. The molecule has 21 heavy (non-hydrogen) atoms. The number of aromatic nitrogens is 2. The van der Waals surface area contributed by atoms with Crippen molar-refractivity contribution in [1.82, 2.24) is 10.2 Å². The van der Waals surface area contributed by atoms with Gasteiger partial charge >= 0.3 is 0 Å². The van der Waals surface area contributed by atoms with Crippen LogP contribution in [0.15, 0.2) is 29.2 Å². The minimum absolute atomic E-state index is 0.0353. The lowest BCUT2D eigenvalue weighted by Gasteiger charge is -2.19. The van der Waals surface area contributed by atoms with E-state index in [2.05, 4.69) is 15.5 Å². The lowest BCUT2D eigenvalue weighted by atomic mass is 10.0. The van der Waals surface area contributed by atoms with E-state index >= 15 is 0 Å². The van der Waals surface area contributed by atoms with Gasteiger partial charge in [-0.3, -0.25) is 4.79 Å². The van der Waals surface area contributed by atoms with E-state index in [0.29, 0.717) is 23.6 Å². The predicted molar refractivity (Wildman–Crippen MR) is 77.4 cm³/mol. The van der Waals surface area contributed by atoms with Gasteiger partial charge in [0.2, 0.25) is 0 Å². The number of hydrogen-bond donors (Lipinski definition) is 2. The molecule has 0 radical (unpaired) electrons. The Morgan fingerprint density at radius 1 is 1.48 bits per heavy atom. The summed E-state index contributed by atoms with van der Waals surface area (Å²) >= 11 is 5.96. The molecule has 5 nitrogen and oxygen atoms in total. The van der Waals surface area contributed by atoms with E-state index in [-0.39, 0.29) is 16.9 Å². The molecule has 0 saturated carbocycles. The van der Waals surface area contributed by atoms with Crippen molar-refractivity contribution in [2.24, 2.45) is 0 Å². The van der Waals surface area contributed by atoms with Gasteiger partial charge in [0.15, 0.2) is 0 Å². The highest BCUT2D eigenvalue weighted by Crippen LogP contribution is 2.35. The molecule has 2 aromatic rings. The van der Waals surface area contributed by atoms with Gasteiger partial charge in [-0.1, -0.05) is 11.6 Å². The van der Waals surface area contributed by atoms with Gasteiger partial charge in [0.05, 0.1) is 24.5 Å². The Morgan fingerprint density at radius 3 is 3.19 bits per heavy atom. The average molecular weight is 310 g/mol. The molecule has 1 aliphatic heterocycles. The number of halogens is 2. The smallest absolute Gasteiger partial charge is 0.285 e. The summed E-state index contributed by atoms with van der Waals surface area (Å²) in [6.45, 7) is 0.568. The SMILES string of the molecule is O=c1[nH]ncc(N[C@H]2CCCOc3ccc(F)cc32)c1Cl. The van der Waals surface area contributed by atoms with Crippen molar-refractivity contribution in [3.8, 4) is 5.75 Å². The van der Waals surface area contributed by atoms with Crippen LogP contribution in [0, 0.1) is 5.82 Å². The number of benzene rings is 1. The van der Waals surface area contributed by atoms with Gasteiger partial charge in [0.25, 0.3) is 5.56 Å². The van der Waals surface area contributed by atoms with Crippen LogP contribution in [-0.4, -0.2) is 16.8 Å². The molecule has 0 bridgehead atoms. The summed E-state index contributed by atoms with van der Waals surface area (Å²) < 4.78 is 19.1. The minimum Gasteiger partial charge on any atom is -0.493 e. The van der Waals surface area contributed by atoms with E-state index in [1.165, 1.54) is 18.3 Å². The van der Waals surface area contributed by atoms with Crippen LogP contribution in [0.25, 0.3) is 0 Å². The summed E-state index contributed by atoms with van der Waals surface area (Å²) in [5.74, 6) is 0.307. The van der Waals surface area contributed by atoms with Crippen LogP contribution in [0.4, 0.5) is 10.1 Å². The molecule has 0 fully saturated rings. The third-order valence-electron chi connectivity index (χ3n) is 3.37. The summed E-state index contributed by atoms with van der Waals surface area (Å²) in [6.07, 6.45) is 2.98. The zero-order valence-corrected chi connectivity index (χ0v) is 11.8. The molecular weight excluding hydrogens is 297 g/mol. The maximum atomic E-state index is 13.5. The number of nitrogens with one attached hydrogen (secondary N) is 2. The Hall–Kier alpha value is -2.08. The van der Waals surface area contributed by atoms with Crippen LogP contribution in [0.3, 0.4) is 0 Å². The van der Waals surface area contributed by atoms with Crippen molar-refractivity contribution >= 4 is 17.3 Å². The molecule has 0 unspecified atom stereocenters. The van der Waals surface area contributed by atoms with Crippen molar-refractivity contribution < 1.29 is 9.13 Å². The number of rotatable bonds is 2. The fourth-order valence-corrected chi connectivity index (χ4v) is 2.52. The molecular formula is C14H13ClFN3O2. The second kappa shape index (κ2) is 5.73. The minimum atomic E-state index is -0.467. The summed E-state index contributed by atoms with van der Waals surface area (Å²) in [6, 6.07) is 4.22. The maximum Gasteiger partial charge on any atom is 0.285 e. The standard InChI is InChI=1S/C14H13ClFN3O2/c15-13-11(7-17-19-14(13)20)18-10-2-1-5-21-12-4-3-8(16)6-9(10)12/h3-4,6-7,10H,1-2,5H2,(H2,18,19,20)/t10-/m0/s1. The molecule has 0 saturated heterocycles. The van der Waals surface area contributed by atoms with Gasteiger partial charge in [-0.15, -0.1) is 0 Å². The van der Waals surface area contributed by atoms with Crippen molar-refractivity contribution in [1.29, 1.82) is 0 Å². The van der Waals surface area contributed by atoms with Gasteiger partial charge in [-0.25, -0.2) is 9.49 Å². The molecule has 0 spiro atoms.